The molecule has 5 N–H and O–H groups in total. The van der Waals surface area contributed by atoms with E-state index in [9.17, 15) is 33.8 Å². The van der Waals surface area contributed by atoms with Crippen LogP contribution in [0, 0.1) is 5.92 Å². The average Bonchev–Trinajstić information content (AvgIpc) is 3.11. The van der Waals surface area contributed by atoms with Gasteiger partial charge in [-0.3, -0.25) is 23.2 Å². The Morgan fingerprint density at radius 1 is 0.593 bits per heavy atom. The molecule has 0 spiro atoms. The number of carbonyl (C=O) groups excluding carboxylic acids is 2. The van der Waals surface area contributed by atoms with Crippen molar-refractivity contribution in [2.45, 2.75) is 148 Å². The minimum atomic E-state index is -4.87. The molecule has 16 heteroatoms. The van der Waals surface area contributed by atoms with Gasteiger partial charge in [-0.15, -0.1) is 0 Å². The van der Waals surface area contributed by atoms with E-state index >= 15 is 0 Å². The molecule has 0 bridgehead atoms. The molecule has 0 saturated carbocycles. The number of phosphoric ester groups is 2. The van der Waals surface area contributed by atoms with Crippen molar-refractivity contribution >= 4 is 27.6 Å². The molecule has 54 heavy (non-hydrogen) atoms. The van der Waals surface area contributed by atoms with E-state index in [4.69, 9.17) is 23.8 Å². The van der Waals surface area contributed by atoms with E-state index in [0.717, 1.165) is 64.2 Å². The van der Waals surface area contributed by atoms with E-state index in [1.54, 1.807) is 0 Å². The molecule has 0 aromatic rings. The maximum absolute atomic E-state index is 12.5. The van der Waals surface area contributed by atoms with Crippen LogP contribution < -0.4 is 0 Å². The predicted octanol–water partition coefficient (Wildman–Crippen LogP) is 7.94. The highest BCUT2D eigenvalue weighted by atomic mass is 31.2. The number of rotatable bonds is 35. The van der Waals surface area contributed by atoms with Gasteiger partial charge in [0, 0.05) is 12.8 Å². The fourth-order valence-corrected chi connectivity index (χ4v) is 5.84. The summed E-state index contributed by atoms with van der Waals surface area (Å²) in [4.78, 5) is 52.4. The zero-order chi connectivity index (χ0) is 40.5. The van der Waals surface area contributed by atoms with Crippen molar-refractivity contribution < 1.29 is 66.7 Å². The summed E-state index contributed by atoms with van der Waals surface area (Å²) in [7, 11) is -9.68. The Morgan fingerprint density at radius 2 is 1.11 bits per heavy atom. The molecule has 0 radical (unpaired) electrons. The van der Waals surface area contributed by atoms with Crippen molar-refractivity contribution in [2.75, 3.05) is 26.4 Å². The molecule has 0 saturated heterocycles. The number of aliphatic hydroxyl groups is 2. The van der Waals surface area contributed by atoms with E-state index in [0.29, 0.717) is 25.2 Å². The van der Waals surface area contributed by atoms with E-state index in [1.807, 2.05) is 19.1 Å². The molecule has 0 aromatic heterocycles. The average molecular weight is 811 g/mol. The van der Waals surface area contributed by atoms with Crippen LogP contribution in [0.3, 0.4) is 0 Å². The van der Waals surface area contributed by atoms with Crippen molar-refractivity contribution in [1.29, 1.82) is 0 Å². The van der Waals surface area contributed by atoms with Crippen molar-refractivity contribution in [3.8, 4) is 0 Å². The molecule has 0 aliphatic heterocycles. The molecule has 0 aliphatic carbocycles. The molecule has 314 valence electrons. The van der Waals surface area contributed by atoms with E-state index < -0.39 is 66.2 Å². The Labute approximate surface area is 322 Å². The number of aliphatic hydroxyl groups excluding tert-OH is 2. The van der Waals surface area contributed by atoms with Crippen molar-refractivity contribution in [3.63, 3.8) is 0 Å². The van der Waals surface area contributed by atoms with Gasteiger partial charge in [-0.05, 0) is 63.7 Å². The predicted molar refractivity (Wildman–Crippen MR) is 208 cm³/mol. The van der Waals surface area contributed by atoms with Gasteiger partial charge >= 0.3 is 27.6 Å². The number of phosphoric acid groups is 2. The lowest BCUT2D eigenvalue weighted by Crippen LogP contribution is -2.30. The molecule has 0 aromatic carbocycles. The summed E-state index contributed by atoms with van der Waals surface area (Å²) >= 11 is 0. The highest BCUT2D eigenvalue weighted by molar-refractivity contribution is 7.47. The van der Waals surface area contributed by atoms with Crippen LogP contribution in [0.25, 0.3) is 0 Å². The molecule has 0 heterocycles. The lowest BCUT2D eigenvalue weighted by atomic mass is 10.0. The van der Waals surface area contributed by atoms with Crippen LogP contribution >= 0.6 is 15.6 Å². The molecule has 14 nitrogen and oxygen atoms in total. The first kappa shape index (κ1) is 52.0. The van der Waals surface area contributed by atoms with Crippen LogP contribution in [-0.4, -0.2) is 81.6 Å². The number of unbranched alkanes of at least 4 members (excludes halogenated alkanes) is 6. The number of allylic oxidation sites excluding steroid dienone is 8. The highest BCUT2D eigenvalue weighted by Gasteiger charge is 2.28. The summed E-state index contributed by atoms with van der Waals surface area (Å²) in [6.07, 6.45) is 26.8. The number of carbonyl (C=O) groups is 2. The Bertz CT molecular complexity index is 1180. The van der Waals surface area contributed by atoms with E-state index in [-0.39, 0.29) is 18.9 Å². The molecule has 0 fully saturated rings. The second-order valence-electron chi connectivity index (χ2n) is 13.5. The lowest BCUT2D eigenvalue weighted by Gasteiger charge is -2.20. The van der Waals surface area contributed by atoms with Gasteiger partial charge in [0.1, 0.15) is 12.7 Å². The normalized spacial score (nSPS) is 15.4. The lowest BCUT2D eigenvalue weighted by molar-refractivity contribution is -0.161. The van der Waals surface area contributed by atoms with Crippen LogP contribution in [0.15, 0.2) is 48.6 Å². The maximum atomic E-state index is 12.5. The smallest absolute Gasteiger partial charge is 0.462 e. The van der Waals surface area contributed by atoms with Crippen molar-refractivity contribution in [2.24, 2.45) is 5.92 Å². The Morgan fingerprint density at radius 3 is 1.70 bits per heavy atom. The van der Waals surface area contributed by atoms with E-state index in [2.05, 4.69) is 59.4 Å². The van der Waals surface area contributed by atoms with Crippen molar-refractivity contribution in [3.05, 3.63) is 48.6 Å². The third-order valence-electron chi connectivity index (χ3n) is 7.80. The Kier molecular flexibility index (Phi) is 32.0. The fraction of sp³-hybridized carbons (Fsp3) is 0.737. The number of ether oxygens (including phenoxy) is 2. The monoisotopic (exact) mass is 810 g/mol. The number of hydrogen-bond donors (Lipinski definition) is 5. The summed E-state index contributed by atoms with van der Waals surface area (Å²) in [6, 6.07) is 0. The summed E-state index contributed by atoms with van der Waals surface area (Å²) in [5.74, 6) is -0.445. The number of hydrogen-bond acceptors (Lipinski definition) is 11. The van der Waals surface area contributed by atoms with Crippen LogP contribution in [0.4, 0.5) is 0 Å². The van der Waals surface area contributed by atoms with Gasteiger partial charge in [0.05, 0.1) is 25.9 Å². The first-order valence-electron chi connectivity index (χ1n) is 19.3. The maximum Gasteiger partial charge on any atom is 0.472 e. The minimum absolute atomic E-state index is 0.105. The van der Waals surface area contributed by atoms with Gasteiger partial charge in [0.15, 0.2) is 6.10 Å². The summed E-state index contributed by atoms with van der Waals surface area (Å²) in [5.41, 5.74) is 0. The second-order valence-corrected chi connectivity index (χ2v) is 16.2. The van der Waals surface area contributed by atoms with Crippen LogP contribution in [-0.2, 0) is 41.8 Å². The highest BCUT2D eigenvalue weighted by Crippen LogP contribution is 2.43. The summed E-state index contributed by atoms with van der Waals surface area (Å²) in [6.45, 7) is 3.57. The van der Waals surface area contributed by atoms with Gasteiger partial charge in [0.2, 0.25) is 0 Å². The van der Waals surface area contributed by atoms with Crippen LogP contribution in [0.1, 0.15) is 130 Å². The molecular weight excluding hydrogens is 742 g/mol. The Balaban J connectivity index is 4.63. The minimum Gasteiger partial charge on any atom is -0.462 e. The molecule has 0 aliphatic rings. The Hall–Kier alpha value is -1.96. The molecule has 1 unspecified atom stereocenters. The first-order valence-corrected chi connectivity index (χ1v) is 22.3. The summed E-state index contributed by atoms with van der Waals surface area (Å²) in [5, 5.41) is 19.2. The second kappa shape index (κ2) is 33.2. The first-order chi connectivity index (χ1) is 25.6. The zero-order valence-electron chi connectivity index (χ0n) is 32.6. The van der Waals surface area contributed by atoms with Crippen LogP contribution in [0.2, 0.25) is 0 Å². The quantitative estimate of drug-likeness (QED) is 0.0178. The third kappa shape index (κ3) is 37.0. The SMILES string of the molecule is CC[C@H](O)CC/C=C\C/C=C\C/C=C\C/C=C\CCCC(=O)OC[C@H](COP(=O)(O)OC[C@@H](O)COP(=O)(O)O)OC(=O)CCCCCCCCC(C)C. The van der Waals surface area contributed by atoms with E-state index in [1.165, 1.54) is 12.8 Å². The van der Waals surface area contributed by atoms with Gasteiger partial charge in [-0.2, -0.15) is 0 Å². The molecule has 0 rings (SSSR count). The molecule has 4 atom stereocenters. The molecule has 0 amide bonds. The largest absolute Gasteiger partial charge is 0.472 e. The van der Waals surface area contributed by atoms with Gasteiger partial charge in [-0.1, -0.05) is 108 Å². The van der Waals surface area contributed by atoms with Crippen molar-refractivity contribution in [1.82, 2.24) is 0 Å². The third-order valence-corrected chi connectivity index (χ3v) is 9.24. The number of esters is 2. The zero-order valence-corrected chi connectivity index (χ0v) is 34.4. The van der Waals surface area contributed by atoms with Crippen LogP contribution in [0.5, 0.6) is 0 Å². The van der Waals surface area contributed by atoms with Gasteiger partial charge in [-0.25, -0.2) is 9.13 Å². The summed E-state index contributed by atoms with van der Waals surface area (Å²) < 4.78 is 47.4. The standard InChI is InChI=1S/C38H68O14P2/c1-4-34(39)26-22-18-13-11-9-7-5-6-8-10-12-14-19-23-27-37(41)48-31-36(52-38(42)28-24-20-16-15-17-21-25-33(2)3)32-51-54(46,47)50-30-35(40)29-49-53(43,44)45/h6-9,12-14,18,33-36,39-40H,4-5,10-11,15-17,19-32H2,1-3H3,(H,46,47)(H2,43,44,45)/b8-6-,9-7-,14-12-,18-13-/t34-,35-,36+/m0/s1. The fourth-order valence-electron chi connectivity index (χ4n) is 4.68. The van der Waals surface area contributed by atoms with Gasteiger partial charge < -0.3 is 34.4 Å². The topological polar surface area (TPSA) is 216 Å². The molecular formula is C38H68O14P2. The van der Waals surface area contributed by atoms with Gasteiger partial charge in [0.25, 0.3) is 0 Å².